The topological polar surface area (TPSA) is 78.4 Å². The highest BCUT2D eigenvalue weighted by Gasteiger charge is 2.27. The van der Waals surface area contributed by atoms with Crippen LogP contribution in [0.2, 0.25) is 0 Å². The summed E-state index contributed by atoms with van der Waals surface area (Å²) in [5, 5.41) is 9.11. The van der Waals surface area contributed by atoms with Crippen LogP contribution in [-0.2, 0) is 10.2 Å². The molecule has 0 aromatic rings. The van der Waals surface area contributed by atoms with Crippen LogP contribution in [0.5, 0.6) is 0 Å². The van der Waals surface area contributed by atoms with E-state index >= 15 is 0 Å². The van der Waals surface area contributed by atoms with Gasteiger partial charge in [-0.3, -0.25) is 0 Å². The van der Waals surface area contributed by atoms with E-state index in [1.54, 1.807) is 0 Å². The fourth-order valence-corrected chi connectivity index (χ4v) is 3.14. The average molecular weight is 250 g/mol. The molecule has 5 nitrogen and oxygen atoms in total. The summed E-state index contributed by atoms with van der Waals surface area (Å²) in [5.74, 6) is 0.539. The molecule has 1 aliphatic carbocycles. The summed E-state index contributed by atoms with van der Waals surface area (Å²) < 4.78 is 27.9. The first-order valence-corrected chi connectivity index (χ1v) is 7.42. The molecule has 6 heteroatoms. The van der Waals surface area contributed by atoms with Gasteiger partial charge in [0.1, 0.15) is 0 Å². The Morgan fingerprint density at radius 1 is 1.25 bits per heavy atom. The van der Waals surface area contributed by atoms with Crippen molar-refractivity contribution in [2.45, 2.75) is 32.6 Å². The zero-order chi connectivity index (χ0) is 12.0. The SMILES string of the molecule is CCCNS(=O)(=O)NCC1CCCC1CO. The number of nitrogens with one attached hydrogen (secondary N) is 2. The van der Waals surface area contributed by atoms with Crippen LogP contribution >= 0.6 is 0 Å². The second-order valence-electron chi connectivity index (χ2n) is 4.38. The van der Waals surface area contributed by atoms with Gasteiger partial charge in [-0.2, -0.15) is 8.42 Å². The molecule has 0 heterocycles. The first kappa shape index (κ1) is 13.9. The van der Waals surface area contributed by atoms with E-state index in [0.717, 1.165) is 25.7 Å². The van der Waals surface area contributed by atoms with Crippen molar-refractivity contribution in [3.8, 4) is 0 Å². The summed E-state index contributed by atoms with van der Waals surface area (Å²) in [6.45, 7) is 2.98. The molecule has 1 fully saturated rings. The molecular weight excluding hydrogens is 228 g/mol. The number of aliphatic hydroxyl groups is 1. The van der Waals surface area contributed by atoms with Gasteiger partial charge >= 0.3 is 0 Å². The standard InChI is InChI=1S/C10H22N2O3S/c1-2-6-11-16(14,15)12-7-9-4-3-5-10(9)8-13/h9-13H,2-8H2,1H3. The summed E-state index contributed by atoms with van der Waals surface area (Å²) >= 11 is 0. The molecule has 1 rings (SSSR count). The minimum atomic E-state index is -3.34. The molecule has 1 aliphatic rings. The minimum absolute atomic E-state index is 0.161. The summed E-state index contributed by atoms with van der Waals surface area (Å²) in [4.78, 5) is 0. The maximum atomic E-state index is 11.5. The summed E-state index contributed by atoms with van der Waals surface area (Å²) in [6.07, 6.45) is 3.87. The van der Waals surface area contributed by atoms with E-state index < -0.39 is 10.2 Å². The van der Waals surface area contributed by atoms with Gasteiger partial charge in [-0.1, -0.05) is 13.3 Å². The number of aliphatic hydroxyl groups excluding tert-OH is 1. The molecule has 0 aliphatic heterocycles. The molecule has 0 saturated heterocycles. The van der Waals surface area contributed by atoms with Crippen molar-refractivity contribution in [2.24, 2.45) is 11.8 Å². The number of hydrogen-bond acceptors (Lipinski definition) is 3. The minimum Gasteiger partial charge on any atom is -0.396 e. The third-order valence-electron chi connectivity index (χ3n) is 3.13. The summed E-state index contributed by atoms with van der Waals surface area (Å²) in [7, 11) is -3.34. The van der Waals surface area contributed by atoms with Crippen LogP contribution in [-0.4, -0.2) is 33.2 Å². The van der Waals surface area contributed by atoms with Gasteiger partial charge in [0.25, 0.3) is 10.2 Å². The molecule has 0 bridgehead atoms. The summed E-state index contributed by atoms with van der Waals surface area (Å²) in [5.41, 5.74) is 0. The Labute approximate surface area is 97.8 Å². The normalized spacial score (nSPS) is 26.1. The quantitative estimate of drug-likeness (QED) is 0.605. The average Bonchev–Trinajstić information content (AvgIpc) is 2.71. The molecule has 3 N–H and O–H groups in total. The van der Waals surface area contributed by atoms with E-state index in [-0.39, 0.29) is 18.4 Å². The van der Waals surface area contributed by atoms with Gasteiger partial charge in [0.05, 0.1) is 0 Å². The van der Waals surface area contributed by atoms with Crippen LogP contribution in [0.25, 0.3) is 0 Å². The molecule has 96 valence electrons. The van der Waals surface area contributed by atoms with E-state index in [0.29, 0.717) is 13.1 Å². The van der Waals surface area contributed by atoms with Crippen molar-refractivity contribution in [3.05, 3.63) is 0 Å². The lowest BCUT2D eigenvalue weighted by atomic mass is 9.97. The number of rotatable bonds is 7. The Balaban J connectivity index is 2.33. The van der Waals surface area contributed by atoms with Crippen molar-refractivity contribution >= 4 is 10.2 Å². The summed E-state index contributed by atoms with van der Waals surface area (Å²) in [6, 6.07) is 0. The lowest BCUT2D eigenvalue weighted by Gasteiger charge is -2.17. The maximum Gasteiger partial charge on any atom is 0.276 e. The maximum absolute atomic E-state index is 11.5. The van der Waals surface area contributed by atoms with Gasteiger partial charge in [-0.05, 0) is 31.1 Å². The molecule has 0 radical (unpaired) electrons. The Kier molecular flexibility index (Phi) is 5.68. The van der Waals surface area contributed by atoms with E-state index in [1.807, 2.05) is 6.92 Å². The van der Waals surface area contributed by atoms with Crippen molar-refractivity contribution in [1.82, 2.24) is 9.44 Å². The molecule has 0 amide bonds. The second-order valence-corrected chi connectivity index (χ2v) is 5.96. The lowest BCUT2D eigenvalue weighted by Crippen LogP contribution is -2.40. The van der Waals surface area contributed by atoms with E-state index in [4.69, 9.17) is 5.11 Å². The fraction of sp³-hybridized carbons (Fsp3) is 1.00. The smallest absolute Gasteiger partial charge is 0.276 e. The largest absolute Gasteiger partial charge is 0.396 e. The van der Waals surface area contributed by atoms with Gasteiger partial charge in [0.2, 0.25) is 0 Å². The Morgan fingerprint density at radius 3 is 2.56 bits per heavy atom. The Hall–Kier alpha value is -0.170. The predicted molar refractivity (Wildman–Crippen MR) is 63.1 cm³/mol. The van der Waals surface area contributed by atoms with E-state index in [9.17, 15) is 8.42 Å². The molecule has 0 spiro atoms. The predicted octanol–water partition coefficient (Wildman–Crippen LogP) is 0.229. The van der Waals surface area contributed by atoms with Gasteiger partial charge in [0, 0.05) is 19.7 Å². The molecule has 1 saturated carbocycles. The van der Waals surface area contributed by atoms with Gasteiger partial charge in [0.15, 0.2) is 0 Å². The van der Waals surface area contributed by atoms with Crippen molar-refractivity contribution in [1.29, 1.82) is 0 Å². The van der Waals surface area contributed by atoms with Gasteiger partial charge in [-0.25, -0.2) is 9.44 Å². The zero-order valence-electron chi connectivity index (χ0n) is 9.78. The monoisotopic (exact) mass is 250 g/mol. The van der Waals surface area contributed by atoms with Crippen molar-refractivity contribution in [2.75, 3.05) is 19.7 Å². The molecule has 0 aromatic carbocycles. The Morgan fingerprint density at radius 2 is 1.94 bits per heavy atom. The van der Waals surface area contributed by atoms with Crippen LogP contribution in [0.1, 0.15) is 32.6 Å². The van der Waals surface area contributed by atoms with Gasteiger partial charge < -0.3 is 5.11 Å². The number of hydrogen-bond donors (Lipinski definition) is 3. The molecule has 2 atom stereocenters. The molecule has 2 unspecified atom stereocenters. The molecule has 16 heavy (non-hydrogen) atoms. The van der Waals surface area contributed by atoms with E-state index in [2.05, 4.69) is 9.44 Å². The van der Waals surface area contributed by atoms with Crippen molar-refractivity contribution in [3.63, 3.8) is 0 Å². The highest BCUT2D eigenvalue weighted by atomic mass is 32.2. The first-order chi connectivity index (χ1) is 7.59. The first-order valence-electron chi connectivity index (χ1n) is 5.94. The zero-order valence-corrected chi connectivity index (χ0v) is 10.6. The fourth-order valence-electron chi connectivity index (χ4n) is 2.13. The van der Waals surface area contributed by atoms with Gasteiger partial charge in [-0.15, -0.1) is 0 Å². The van der Waals surface area contributed by atoms with Crippen molar-refractivity contribution < 1.29 is 13.5 Å². The van der Waals surface area contributed by atoms with Crippen LogP contribution in [0, 0.1) is 11.8 Å². The highest BCUT2D eigenvalue weighted by molar-refractivity contribution is 7.87. The third kappa shape index (κ3) is 4.37. The second kappa shape index (κ2) is 6.54. The van der Waals surface area contributed by atoms with Crippen LogP contribution in [0.15, 0.2) is 0 Å². The lowest BCUT2D eigenvalue weighted by molar-refractivity contribution is 0.195. The van der Waals surface area contributed by atoms with Crippen LogP contribution in [0.4, 0.5) is 0 Å². The Bertz CT molecular complexity index is 292. The van der Waals surface area contributed by atoms with Crippen LogP contribution in [0.3, 0.4) is 0 Å². The molecule has 0 aromatic heterocycles. The van der Waals surface area contributed by atoms with Crippen LogP contribution < -0.4 is 9.44 Å². The third-order valence-corrected chi connectivity index (χ3v) is 4.26. The molecular formula is C10H22N2O3S. The highest BCUT2D eigenvalue weighted by Crippen LogP contribution is 2.30. The van der Waals surface area contributed by atoms with E-state index in [1.165, 1.54) is 0 Å².